The van der Waals surface area contributed by atoms with E-state index in [9.17, 15) is 9.59 Å². The van der Waals surface area contributed by atoms with Gasteiger partial charge in [0.05, 0.1) is 26.4 Å². The fourth-order valence-corrected chi connectivity index (χ4v) is 1.27. The molecule has 1 rings (SSSR count). The van der Waals surface area contributed by atoms with E-state index in [2.05, 4.69) is 4.99 Å². The molecule has 0 saturated carbocycles. The van der Waals surface area contributed by atoms with Gasteiger partial charge in [-0.3, -0.25) is 19.5 Å². The molecule has 0 aromatic heterocycles. The van der Waals surface area contributed by atoms with Crippen molar-refractivity contribution in [3.8, 4) is 0 Å². The highest BCUT2D eigenvalue weighted by molar-refractivity contribution is 6.12. The summed E-state index contributed by atoms with van der Waals surface area (Å²) in [5.74, 6) is -0.569. The summed E-state index contributed by atoms with van der Waals surface area (Å²) >= 11 is 0. The van der Waals surface area contributed by atoms with Crippen molar-refractivity contribution in [1.29, 1.82) is 0 Å². The zero-order valence-corrected chi connectivity index (χ0v) is 10.7. The van der Waals surface area contributed by atoms with Crippen LogP contribution in [0.1, 0.15) is 13.8 Å². The average molecular weight is 254 g/mol. The highest BCUT2D eigenvalue weighted by Gasteiger charge is 2.22. The summed E-state index contributed by atoms with van der Waals surface area (Å²) in [5.41, 5.74) is 0.967. The first-order valence-corrected chi connectivity index (χ1v) is 5.78. The molecule has 1 heterocycles. The van der Waals surface area contributed by atoms with Gasteiger partial charge in [-0.1, -0.05) is 0 Å². The largest absolute Gasteiger partial charge is 0.377 e. The maximum absolute atomic E-state index is 11.2. The fourth-order valence-electron chi connectivity index (χ4n) is 1.27. The molecule has 0 bridgehead atoms. The lowest BCUT2D eigenvalue weighted by Gasteiger charge is -2.13. The van der Waals surface area contributed by atoms with Crippen molar-refractivity contribution in [2.75, 3.05) is 33.1 Å². The number of carbonyl (C=O) groups is 2. The average Bonchev–Trinajstić information content (AvgIpc) is 2.63. The van der Waals surface area contributed by atoms with E-state index in [1.54, 1.807) is 0 Å². The van der Waals surface area contributed by atoms with Crippen molar-refractivity contribution in [3.05, 3.63) is 12.2 Å². The van der Waals surface area contributed by atoms with Crippen molar-refractivity contribution in [2.45, 2.75) is 13.8 Å². The van der Waals surface area contributed by atoms with Crippen LogP contribution in [0.3, 0.4) is 0 Å². The van der Waals surface area contributed by atoms with Gasteiger partial charge in [-0.25, -0.2) is 0 Å². The Bertz CT molecular complexity index is 341. The van der Waals surface area contributed by atoms with Gasteiger partial charge in [0.2, 0.25) is 0 Å². The van der Waals surface area contributed by atoms with Crippen molar-refractivity contribution in [2.24, 2.45) is 4.99 Å². The molecule has 0 spiro atoms. The Morgan fingerprint density at radius 3 is 2.33 bits per heavy atom. The van der Waals surface area contributed by atoms with Gasteiger partial charge in [-0.05, 0) is 13.8 Å². The summed E-state index contributed by atoms with van der Waals surface area (Å²) in [5, 5.41) is 0. The maximum atomic E-state index is 11.2. The van der Waals surface area contributed by atoms with Crippen LogP contribution in [0.15, 0.2) is 17.1 Å². The Morgan fingerprint density at radius 1 is 1.11 bits per heavy atom. The Kier molecular flexibility index (Phi) is 6.24. The third kappa shape index (κ3) is 5.20. The quantitative estimate of drug-likeness (QED) is 0.357. The monoisotopic (exact) mass is 254 g/mol. The Morgan fingerprint density at radius 2 is 1.72 bits per heavy atom. The second kappa shape index (κ2) is 7.73. The molecule has 0 unspecified atom stereocenters. The first kappa shape index (κ1) is 14.5. The van der Waals surface area contributed by atoms with E-state index in [1.165, 1.54) is 12.2 Å². The minimum atomic E-state index is -0.285. The van der Waals surface area contributed by atoms with Crippen molar-refractivity contribution >= 4 is 17.5 Å². The molecule has 0 aromatic carbocycles. The number of hydrogen-bond acceptors (Lipinski definition) is 5. The molecule has 100 valence electrons. The van der Waals surface area contributed by atoms with E-state index < -0.39 is 0 Å². The summed E-state index contributed by atoms with van der Waals surface area (Å²) in [6, 6.07) is 0. The van der Waals surface area contributed by atoms with Crippen molar-refractivity contribution in [3.63, 3.8) is 0 Å². The molecule has 0 N–H and O–H groups in total. The molecule has 18 heavy (non-hydrogen) atoms. The number of hydrogen-bond donors (Lipinski definition) is 0. The number of aliphatic imine (C=N–C) groups is 1. The lowest BCUT2D eigenvalue weighted by Crippen LogP contribution is -2.33. The number of amides is 2. The minimum Gasteiger partial charge on any atom is -0.377 e. The SMILES string of the molecule is CC(C)=NCOCCOCCN1C(=O)C=CC1=O. The number of imide groups is 1. The molecule has 6 nitrogen and oxygen atoms in total. The van der Waals surface area contributed by atoms with Gasteiger partial charge in [0.25, 0.3) is 11.8 Å². The van der Waals surface area contributed by atoms with Gasteiger partial charge < -0.3 is 9.47 Å². The molecule has 1 aliphatic heterocycles. The van der Waals surface area contributed by atoms with Gasteiger partial charge in [0.15, 0.2) is 0 Å². The van der Waals surface area contributed by atoms with Gasteiger partial charge >= 0.3 is 0 Å². The van der Waals surface area contributed by atoms with E-state index in [0.717, 1.165) is 10.6 Å². The topological polar surface area (TPSA) is 68.2 Å². The van der Waals surface area contributed by atoms with E-state index in [4.69, 9.17) is 9.47 Å². The zero-order chi connectivity index (χ0) is 13.4. The minimum absolute atomic E-state index is 0.275. The van der Waals surface area contributed by atoms with Crippen LogP contribution in [-0.4, -0.2) is 55.5 Å². The maximum Gasteiger partial charge on any atom is 0.253 e. The van der Waals surface area contributed by atoms with Gasteiger partial charge in [0, 0.05) is 17.9 Å². The summed E-state index contributed by atoms with van der Waals surface area (Å²) in [6.45, 7) is 5.59. The normalized spacial score (nSPS) is 14.4. The third-order valence-electron chi connectivity index (χ3n) is 2.20. The molecule has 0 aliphatic carbocycles. The van der Waals surface area contributed by atoms with E-state index in [0.29, 0.717) is 26.6 Å². The van der Waals surface area contributed by atoms with Crippen LogP contribution in [0.25, 0.3) is 0 Å². The number of ether oxygens (including phenoxy) is 2. The van der Waals surface area contributed by atoms with Crippen LogP contribution in [-0.2, 0) is 19.1 Å². The molecule has 0 fully saturated rings. The summed E-state index contributed by atoms with van der Waals surface area (Å²) in [4.78, 5) is 27.6. The smallest absolute Gasteiger partial charge is 0.253 e. The highest BCUT2D eigenvalue weighted by atomic mass is 16.5. The molecule has 6 heteroatoms. The van der Waals surface area contributed by atoms with Crippen LogP contribution in [0.4, 0.5) is 0 Å². The first-order valence-electron chi connectivity index (χ1n) is 5.78. The first-order chi connectivity index (χ1) is 8.61. The number of carbonyl (C=O) groups excluding carboxylic acids is 2. The molecular formula is C12H18N2O4. The molecule has 1 aliphatic rings. The number of nitrogens with zero attached hydrogens (tertiary/aromatic N) is 2. The predicted molar refractivity (Wildman–Crippen MR) is 66.3 cm³/mol. The molecule has 0 radical (unpaired) electrons. The summed E-state index contributed by atoms with van der Waals surface area (Å²) in [7, 11) is 0. The van der Waals surface area contributed by atoms with Gasteiger partial charge in [0.1, 0.15) is 6.73 Å². The Balaban J connectivity index is 1.98. The van der Waals surface area contributed by atoms with Crippen LogP contribution < -0.4 is 0 Å². The van der Waals surface area contributed by atoms with Crippen molar-refractivity contribution < 1.29 is 19.1 Å². The third-order valence-corrected chi connectivity index (χ3v) is 2.20. The number of rotatable bonds is 8. The lowest BCUT2D eigenvalue weighted by atomic mass is 10.5. The molecule has 2 amide bonds. The predicted octanol–water partition coefficient (Wildman–Crippen LogP) is 0.383. The molecule has 0 aromatic rings. The van der Waals surface area contributed by atoms with Crippen LogP contribution in [0.5, 0.6) is 0 Å². The van der Waals surface area contributed by atoms with E-state index >= 15 is 0 Å². The van der Waals surface area contributed by atoms with Crippen LogP contribution in [0.2, 0.25) is 0 Å². The summed E-state index contributed by atoms with van der Waals surface area (Å²) < 4.78 is 10.4. The Labute approximate surface area is 106 Å². The van der Waals surface area contributed by atoms with E-state index in [-0.39, 0.29) is 18.4 Å². The van der Waals surface area contributed by atoms with Crippen LogP contribution in [0, 0.1) is 0 Å². The zero-order valence-electron chi connectivity index (χ0n) is 10.7. The van der Waals surface area contributed by atoms with Crippen molar-refractivity contribution in [1.82, 2.24) is 4.90 Å². The summed E-state index contributed by atoms with van der Waals surface area (Å²) in [6.07, 6.45) is 2.52. The van der Waals surface area contributed by atoms with E-state index in [1.807, 2.05) is 13.8 Å². The van der Waals surface area contributed by atoms with Crippen LogP contribution >= 0.6 is 0 Å². The molecule has 0 saturated heterocycles. The highest BCUT2D eigenvalue weighted by Crippen LogP contribution is 2.02. The second-order valence-corrected chi connectivity index (χ2v) is 3.92. The second-order valence-electron chi connectivity index (χ2n) is 3.92. The van der Waals surface area contributed by atoms with Gasteiger partial charge in [-0.15, -0.1) is 0 Å². The molecule has 0 atom stereocenters. The Hall–Kier alpha value is -1.53. The van der Waals surface area contributed by atoms with Gasteiger partial charge in [-0.2, -0.15) is 0 Å². The lowest BCUT2D eigenvalue weighted by molar-refractivity contribution is -0.137. The molecular weight excluding hydrogens is 236 g/mol. The standard InChI is InChI=1S/C12H18N2O4/c1-10(2)13-9-18-8-7-17-6-5-14-11(15)3-4-12(14)16/h3-4H,5-9H2,1-2H3. The fraction of sp³-hybridized carbons (Fsp3) is 0.583.